The normalized spacial score (nSPS) is 20.4. The lowest BCUT2D eigenvalue weighted by molar-refractivity contribution is -0.0412. The summed E-state index contributed by atoms with van der Waals surface area (Å²) in [5.41, 5.74) is 0.801. The maximum absolute atomic E-state index is 13.1. The molecule has 1 aliphatic rings. The van der Waals surface area contributed by atoms with Crippen molar-refractivity contribution in [3.63, 3.8) is 0 Å². The Balaban J connectivity index is 2.28. The predicted molar refractivity (Wildman–Crippen MR) is 71.8 cm³/mol. The average Bonchev–Trinajstić information content (AvgIpc) is 2.27. The third kappa shape index (κ3) is 3.32. The van der Waals surface area contributed by atoms with Crippen molar-refractivity contribution in [3.8, 4) is 0 Å². The molecule has 0 saturated carbocycles. The van der Waals surface area contributed by atoms with Gasteiger partial charge in [-0.2, -0.15) is 4.31 Å². The van der Waals surface area contributed by atoms with Gasteiger partial charge in [-0.15, -0.1) is 0 Å². The van der Waals surface area contributed by atoms with Gasteiger partial charge in [-0.25, -0.2) is 17.2 Å². The molecule has 0 amide bonds. The minimum atomic E-state index is -3.69. The monoisotopic (exact) mass is 353 g/mol. The Kier molecular flexibility index (Phi) is 3.99. The molecule has 1 aromatic rings. The number of aryl methyl sites for hydroxylation is 1. The maximum atomic E-state index is 13.1. The summed E-state index contributed by atoms with van der Waals surface area (Å²) in [6, 6.07) is 4.84. The molecule has 1 aromatic carbocycles. The Bertz CT molecular complexity index is 559. The summed E-state index contributed by atoms with van der Waals surface area (Å²) in [4.78, 5) is 0.143. The average molecular weight is 354 g/mol. The number of benzene rings is 1. The molecule has 0 aliphatic carbocycles. The summed E-state index contributed by atoms with van der Waals surface area (Å²) in [5.74, 6) is -2.75. The standard InChI is InChI=1S/C12H14BrF2NO2S/c1-9-6-10(13)8-11(7-9)19(17,18)16-4-2-12(14,15)3-5-16/h6-8H,2-5H2,1H3. The second-order valence-electron chi connectivity index (χ2n) is 4.72. The van der Waals surface area contributed by atoms with Crippen LogP contribution in [0.2, 0.25) is 0 Å². The van der Waals surface area contributed by atoms with Crippen molar-refractivity contribution in [2.75, 3.05) is 13.1 Å². The fourth-order valence-electron chi connectivity index (χ4n) is 2.05. The second-order valence-corrected chi connectivity index (χ2v) is 7.58. The summed E-state index contributed by atoms with van der Waals surface area (Å²) in [6.07, 6.45) is -0.835. The van der Waals surface area contributed by atoms with E-state index in [0.717, 1.165) is 9.87 Å². The van der Waals surface area contributed by atoms with E-state index >= 15 is 0 Å². The fourth-order valence-corrected chi connectivity index (χ4v) is 4.39. The van der Waals surface area contributed by atoms with Crippen LogP contribution in [0.25, 0.3) is 0 Å². The zero-order valence-corrected chi connectivity index (χ0v) is 12.8. The van der Waals surface area contributed by atoms with Crippen LogP contribution in [-0.4, -0.2) is 31.7 Å². The van der Waals surface area contributed by atoms with Crippen molar-refractivity contribution in [2.24, 2.45) is 0 Å². The first-order valence-electron chi connectivity index (χ1n) is 5.86. The molecule has 2 rings (SSSR count). The van der Waals surface area contributed by atoms with Crippen LogP contribution in [0.1, 0.15) is 18.4 Å². The van der Waals surface area contributed by atoms with Crippen LogP contribution in [0.5, 0.6) is 0 Å². The number of alkyl halides is 2. The lowest BCUT2D eigenvalue weighted by Crippen LogP contribution is -2.42. The lowest BCUT2D eigenvalue weighted by Gasteiger charge is -2.31. The van der Waals surface area contributed by atoms with Crippen LogP contribution in [0.4, 0.5) is 8.78 Å². The topological polar surface area (TPSA) is 37.4 Å². The molecule has 1 fully saturated rings. The summed E-state index contributed by atoms with van der Waals surface area (Å²) in [7, 11) is -3.69. The second kappa shape index (κ2) is 5.10. The van der Waals surface area contributed by atoms with Gasteiger partial charge in [0.25, 0.3) is 5.92 Å². The Morgan fingerprint density at radius 3 is 2.32 bits per heavy atom. The highest BCUT2D eigenvalue weighted by Crippen LogP contribution is 2.31. The molecule has 0 radical (unpaired) electrons. The van der Waals surface area contributed by atoms with E-state index in [2.05, 4.69) is 15.9 Å². The molecular formula is C12H14BrF2NO2S. The third-order valence-corrected chi connectivity index (χ3v) is 5.44. The van der Waals surface area contributed by atoms with Crippen LogP contribution in [0, 0.1) is 6.92 Å². The summed E-state index contributed by atoms with van der Waals surface area (Å²) in [6.45, 7) is 1.51. The van der Waals surface area contributed by atoms with Crippen molar-refractivity contribution >= 4 is 26.0 Å². The van der Waals surface area contributed by atoms with E-state index < -0.39 is 28.8 Å². The highest BCUT2D eigenvalue weighted by molar-refractivity contribution is 9.10. The van der Waals surface area contributed by atoms with E-state index in [9.17, 15) is 17.2 Å². The molecule has 0 aromatic heterocycles. The Morgan fingerprint density at radius 1 is 1.21 bits per heavy atom. The van der Waals surface area contributed by atoms with Gasteiger partial charge >= 0.3 is 0 Å². The molecule has 0 unspecified atom stereocenters. The smallest absolute Gasteiger partial charge is 0.207 e. The van der Waals surface area contributed by atoms with Crippen molar-refractivity contribution in [1.29, 1.82) is 0 Å². The molecule has 1 aliphatic heterocycles. The van der Waals surface area contributed by atoms with E-state index in [1.807, 2.05) is 0 Å². The zero-order chi connectivity index (χ0) is 14.3. The van der Waals surface area contributed by atoms with Gasteiger partial charge < -0.3 is 0 Å². The highest BCUT2D eigenvalue weighted by Gasteiger charge is 2.38. The van der Waals surface area contributed by atoms with Gasteiger partial charge in [0.15, 0.2) is 0 Å². The molecule has 1 heterocycles. The van der Waals surface area contributed by atoms with E-state index in [4.69, 9.17) is 0 Å². The molecule has 3 nitrogen and oxygen atoms in total. The number of hydrogen-bond donors (Lipinski definition) is 0. The summed E-state index contributed by atoms with van der Waals surface area (Å²) in [5, 5.41) is 0. The Morgan fingerprint density at radius 2 is 1.79 bits per heavy atom. The van der Waals surface area contributed by atoms with Gasteiger partial charge in [-0.05, 0) is 30.7 Å². The highest BCUT2D eigenvalue weighted by atomic mass is 79.9. The first-order chi connectivity index (χ1) is 8.71. The molecule has 19 heavy (non-hydrogen) atoms. The van der Waals surface area contributed by atoms with Crippen LogP contribution in [0.3, 0.4) is 0 Å². The molecule has 0 N–H and O–H groups in total. The van der Waals surface area contributed by atoms with Crippen molar-refractivity contribution in [2.45, 2.75) is 30.6 Å². The number of hydrogen-bond acceptors (Lipinski definition) is 2. The van der Waals surface area contributed by atoms with Crippen molar-refractivity contribution < 1.29 is 17.2 Å². The molecule has 0 spiro atoms. The number of rotatable bonds is 2. The molecular weight excluding hydrogens is 340 g/mol. The number of piperidine rings is 1. The van der Waals surface area contributed by atoms with Gasteiger partial charge in [-0.1, -0.05) is 15.9 Å². The van der Waals surface area contributed by atoms with E-state index in [1.165, 1.54) is 6.07 Å². The molecule has 0 atom stereocenters. The Labute approximate surface area is 119 Å². The van der Waals surface area contributed by atoms with Crippen LogP contribution < -0.4 is 0 Å². The Hall–Kier alpha value is -0.530. The van der Waals surface area contributed by atoms with Gasteiger partial charge in [0.05, 0.1) is 4.90 Å². The molecule has 7 heteroatoms. The summed E-state index contributed by atoms with van der Waals surface area (Å²) >= 11 is 3.24. The number of nitrogens with zero attached hydrogens (tertiary/aromatic N) is 1. The van der Waals surface area contributed by atoms with Gasteiger partial charge in [0.2, 0.25) is 10.0 Å². The minimum Gasteiger partial charge on any atom is -0.207 e. The van der Waals surface area contributed by atoms with Gasteiger partial charge in [0, 0.05) is 30.4 Å². The van der Waals surface area contributed by atoms with E-state index in [-0.39, 0.29) is 18.0 Å². The van der Waals surface area contributed by atoms with Crippen molar-refractivity contribution in [3.05, 3.63) is 28.2 Å². The van der Waals surface area contributed by atoms with E-state index in [1.54, 1.807) is 19.1 Å². The predicted octanol–water partition coefficient (Wildman–Crippen LogP) is 3.18. The van der Waals surface area contributed by atoms with Crippen molar-refractivity contribution in [1.82, 2.24) is 4.31 Å². The maximum Gasteiger partial charge on any atom is 0.250 e. The van der Waals surface area contributed by atoms with Crippen LogP contribution >= 0.6 is 15.9 Å². The lowest BCUT2D eigenvalue weighted by atomic mass is 10.1. The zero-order valence-electron chi connectivity index (χ0n) is 10.4. The van der Waals surface area contributed by atoms with Gasteiger partial charge in [0.1, 0.15) is 0 Å². The van der Waals surface area contributed by atoms with E-state index in [0.29, 0.717) is 4.47 Å². The minimum absolute atomic E-state index is 0.138. The molecule has 0 bridgehead atoms. The van der Waals surface area contributed by atoms with Crippen LogP contribution in [0.15, 0.2) is 27.6 Å². The number of halogens is 3. The molecule has 1 saturated heterocycles. The fraction of sp³-hybridized carbons (Fsp3) is 0.500. The first kappa shape index (κ1) is 14.9. The first-order valence-corrected chi connectivity index (χ1v) is 8.09. The number of sulfonamides is 1. The molecule has 106 valence electrons. The van der Waals surface area contributed by atoms with Crippen LogP contribution in [-0.2, 0) is 10.0 Å². The van der Waals surface area contributed by atoms with Gasteiger partial charge in [-0.3, -0.25) is 0 Å². The largest absolute Gasteiger partial charge is 0.250 e. The quantitative estimate of drug-likeness (QED) is 0.818. The summed E-state index contributed by atoms with van der Waals surface area (Å²) < 4.78 is 52.7. The SMILES string of the molecule is Cc1cc(Br)cc(S(=O)(=O)N2CCC(F)(F)CC2)c1. The third-order valence-electron chi connectivity index (χ3n) is 3.11.